The van der Waals surface area contributed by atoms with Gasteiger partial charge in [-0.1, -0.05) is 12.8 Å². The van der Waals surface area contributed by atoms with Crippen LogP contribution in [0.2, 0.25) is 0 Å². The molecule has 0 unspecified atom stereocenters. The minimum Gasteiger partial charge on any atom is -0.305 e. The maximum Gasteiger partial charge on any atom is 0.110 e. The van der Waals surface area contributed by atoms with Gasteiger partial charge in [0.2, 0.25) is 0 Å². The predicted octanol–water partition coefficient (Wildman–Crippen LogP) is 3.68. The molecule has 0 aromatic carbocycles. The van der Waals surface area contributed by atoms with E-state index in [1.807, 2.05) is 11.3 Å². The van der Waals surface area contributed by atoms with E-state index in [9.17, 15) is 0 Å². The van der Waals surface area contributed by atoms with E-state index >= 15 is 0 Å². The van der Waals surface area contributed by atoms with Gasteiger partial charge in [-0.05, 0) is 44.9 Å². The van der Waals surface area contributed by atoms with Crippen LogP contribution in [0.15, 0.2) is 5.38 Å². The Morgan fingerprint density at radius 2 is 2.18 bits per heavy atom. The number of nitrogens with zero attached hydrogens (tertiary/aromatic N) is 1. The number of thiazole rings is 1. The van der Waals surface area contributed by atoms with Crippen LogP contribution in [0.1, 0.15) is 55.8 Å². The Morgan fingerprint density at radius 1 is 1.41 bits per heavy atom. The predicted molar refractivity (Wildman–Crippen MR) is 72.3 cm³/mol. The van der Waals surface area contributed by atoms with E-state index < -0.39 is 0 Å². The molecular weight excluding hydrogens is 228 g/mol. The molecule has 3 rings (SSSR count). The Hall–Kier alpha value is -0.410. The normalized spacial score (nSPS) is 23.6. The van der Waals surface area contributed by atoms with Crippen LogP contribution < -0.4 is 5.32 Å². The van der Waals surface area contributed by atoms with Crippen molar-refractivity contribution in [3.8, 4) is 0 Å². The highest BCUT2D eigenvalue weighted by Gasteiger charge is 2.35. The van der Waals surface area contributed by atoms with Gasteiger partial charge in [0.1, 0.15) is 5.01 Å². The zero-order valence-corrected chi connectivity index (χ0v) is 11.6. The summed E-state index contributed by atoms with van der Waals surface area (Å²) >= 11 is 1.83. The topological polar surface area (TPSA) is 24.9 Å². The van der Waals surface area contributed by atoms with Crippen molar-refractivity contribution in [3.63, 3.8) is 0 Å². The van der Waals surface area contributed by atoms with Gasteiger partial charge in [-0.2, -0.15) is 0 Å². The molecule has 0 radical (unpaired) electrons. The van der Waals surface area contributed by atoms with Crippen LogP contribution in [0.4, 0.5) is 0 Å². The number of aromatic nitrogens is 1. The van der Waals surface area contributed by atoms with Crippen molar-refractivity contribution >= 4 is 11.3 Å². The van der Waals surface area contributed by atoms with E-state index in [0.29, 0.717) is 12.1 Å². The van der Waals surface area contributed by atoms with Gasteiger partial charge in [0.05, 0.1) is 6.04 Å². The summed E-state index contributed by atoms with van der Waals surface area (Å²) in [4.78, 5) is 4.68. The quantitative estimate of drug-likeness (QED) is 0.833. The summed E-state index contributed by atoms with van der Waals surface area (Å²) < 4.78 is 0. The van der Waals surface area contributed by atoms with Gasteiger partial charge in [-0.15, -0.1) is 11.3 Å². The molecule has 94 valence electrons. The fraction of sp³-hybridized carbons (Fsp3) is 0.786. The molecule has 2 fully saturated rings. The minimum atomic E-state index is 0.530. The molecule has 0 aliphatic heterocycles. The van der Waals surface area contributed by atoms with Gasteiger partial charge < -0.3 is 5.32 Å². The SMILES string of the molecule is Cc1csc([C@@H](N[C@@H](C)CC2CC2)C2CC2)n1. The second kappa shape index (κ2) is 4.69. The van der Waals surface area contributed by atoms with E-state index in [4.69, 9.17) is 0 Å². The van der Waals surface area contributed by atoms with E-state index in [-0.39, 0.29) is 0 Å². The summed E-state index contributed by atoms with van der Waals surface area (Å²) in [7, 11) is 0. The third-order valence-electron chi connectivity index (χ3n) is 3.84. The summed E-state index contributed by atoms with van der Waals surface area (Å²) in [6.45, 7) is 4.44. The first-order valence-electron chi connectivity index (χ1n) is 6.90. The molecule has 2 aliphatic carbocycles. The molecule has 3 heteroatoms. The van der Waals surface area contributed by atoms with Gasteiger partial charge >= 0.3 is 0 Å². The number of hydrogen-bond donors (Lipinski definition) is 1. The molecule has 1 heterocycles. The van der Waals surface area contributed by atoms with Crippen molar-refractivity contribution < 1.29 is 0 Å². The molecule has 0 amide bonds. The Bertz CT molecular complexity index is 379. The standard InChI is InChI=1S/C14H22N2S/c1-9(7-11-3-4-11)15-13(12-5-6-12)14-16-10(2)8-17-14/h8-9,11-13,15H,3-7H2,1-2H3/t9-,13-/m0/s1. The number of nitrogens with one attached hydrogen (secondary N) is 1. The molecular formula is C14H22N2S. The zero-order valence-electron chi connectivity index (χ0n) is 10.8. The number of rotatable bonds is 6. The molecule has 0 saturated heterocycles. The second-order valence-corrected chi connectivity index (χ2v) is 6.78. The third-order valence-corrected chi connectivity index (χ3v) is 4.89. The highest BCUT2D eigenvalue weighted by atomic mass is 32.1. The monoisotopic (exact) mass is 250 g/mol. The lowest BCUT2D eigenvalue weighted by Gasteiger charge is -2.21. The summed E-state index contributed by atoms with van der Waals surface area (Å²) in [6, 6.07) is 1.18. The molecule has 1 aromatic rings. The molecule has 2 nitrogen and oxygen atoms in total. The lowest BCUT2D eigenvalue weighted by atomic mass is 10.1. The Labute approximate surface area is 108 Å². The van der Waals surface area contributed by atoms with Crippen LogP contribution in [0.3, 0.4) is 0 Å². The van der Waals surface area contributed by atoms with Gasteiger partial charge in [0, 0.05) is 17.1 Å². The lowest BCUT2D eigenvalue weighted by molar-refractivity contribution is 0.391. The Morgan fingerprint density at radius 3 is 2.71 bits per heavy atom. The molecule has 1 aromatic heterocycles. The van der Waals surface area contributed by atoms with Crippen LogP contribution >= 0.6 is 11.3 Å². The fourth-order valence-electron chi connectivity index (χ4n) is 2.58. The van der Waals surface area contributed by atoms with Crippen molar-refractivity contribution in [1.29, 1.82) is 0 Å². The molecule has 17 heavy (non-hydrogen) atoms. The third kappa shape index (κ3) is 3.08. The maximum atomic E-state index is 4.68. The van der Waals surface area contributed by atoms with Crippen LogP contribution in [0.5, 0.6) is 0 Å². The van der Waals surface area contributed by atoms with Gasteiger partial charge in [-0.3, -0.25) is 0 Å². The summed E-state index contributed by atoms with van der Waals surface area (Å²) in [5.41, 5.74) is 1.17. The molecule has 0 spiro atoms. The highest BCUT2D eigenvalue weighted by Crippen LogP contribution is 2.42. The van der Waals surface area contributed by atoms with E-state index in [1.165, 1.54) is 42.8 Å². The van der Waals surface area contributed by atoms with Crippen LogP contribution in [0.25, 0.3) is 0 Å². The second-order valence-electron chi connectivity index (χ2n) is 5.89. The van der Waals surface area contributed by atoms with Crippen molar-refractivity contribution in [2.24, 2.45) is 11.8 Å². The van der Waals surface area contributed by atoms with Gasteiger partial charge in [0.25, 0.3) is 0 Å². The van der Waals surface area contributed by atoms with Crippen molar-refractivity contribution in [2.45, 2.75) is 58.0 Å². The first-order chi connectivity index (χ1) is 8.22. The fourth-order valence-corrected chi connectivity index (χ4v) is 3.53. The Kier molecular flexibility index (Phi) is 3.22. The van der Waals surface area contributed by atoms with Crippen molar-refractivity contribution in [1.82, 2.24) is 10.3 Å². The lowest BCUT2D eigenvalue weighted by Crippen LogP contribution is -2.32. The average molecular weight is 250 g/mol. The first kappa shape index (κ1) is 11.7. The molecule has 1 N–H and O–H groups in total. The van der Waals surface area contributed by atoms with Gasteiger partial charge in [-0.25, -0.2) is 4.98 Å². The smallest absolute Gasteiger partial charge is 0.110 e. The van der Waals surface area contributed by atoms with Gasteiger partial charge in [0.15, 0.2) is 0 Å². The molecule has 0 bridgehead atoms. The summed E-state index contributed by atoms with van der Waals surface area (Å²) in [6.07, 6.45) is 7.03. The van der Waals surface area contributed by atoms with Crippen molar-refractivity contribution in [2.75, 3.05) is 0 Å². The first-order valence-corrected chi connectivity index (χ1v) is 7.78. The van der Waals surface area contributed by atoms with Crippen LogP contribution in [0, 0.1) is 18.8 Å². The van der Waals surface area contributed by atoms with E-state index in [0.717, 1.165) is 11.8 Å². The molecule has 2 saturated carbocycles. The number of aryl methyl sites for hydroxylation is 1. The average Bonchev–Trinajstić information content (AvgIpc) is 3.17. The summed E-state index contributed by atoms with van der Waals surface area (Å²) in [5.74, 6) is 1.86. The highest BCUT2D eigenvalue weighted by molar-refractivity contribution is 7.09. The molecule has 2 aliphatic rings. The van der Waals surface area contributed by atoms with E-state index in [1.54, 1.807) is 0 Å². The van der Waals surface area contributed by atoms with Crippen LogP contribution in [-0.4, -0.2) is 11.0 Å². The largest absolute Gasteiger partial charge is 0.305 e. The summed E-state index contributed by atoms with van der Waals surface area (Å²) in [5, 5.41) is 7.32. The van der Waals surface area contributed by atoms with Crippen molar-refractivity contribution in [3.05, 3.63) is 16.1 Å². The molecule has 2 atom stereocenters. The van der Waals surface area contributed by atoms with Crippen LogP contribution in [-0.2, 0) is 0 Å². The van der Waals surface area contributed by atoms with E-state index in [2.05, 4.69) is 29.5 Å². The number of hydrogen-bond acceptors (Lipinski definition) is 3. The minimum absolute atomic E-state index is 0.530. The maximum absolute atomic E-state index is 4.68. The Balaban J connectivity index is 1.62. The zero-order chi connectivity index (χ0) is 11.8.